The van der Waals surface area contributed by atoms with Gasteiger partial charge in [0.2, 0.25) is 0 Å². The van der Waals surface area contributed by atoms with Gasteiger partial charge in [0.05, 0.1) is 12.3 Å². The number of para-hydroxylation sites is 6. The van der Waals surface area contributed by atoms with E-state index < -0.39 is 92.1 Å². The molecular weight excluding hydrogens is 1400 g/mol. The molecule has 0 aliphatic heterocycles. The van der Waals surface area contributed by atoms with Crippen LogP contribution in [0.5, 0.6) is 0 Å². The predicted molar refractivity (Wildman–Crippen MR) is 437 cm³/mol. The SMILES string of the molecule is [2H]c1c([2H])c([2H])c2c(c1[2H])c1cc(-n3c4c([2H])c([2H])c([2H])c([2H])c4c4c([2H])c([2H])c([2H])c([2H])c43)ccc1n2-c1ccc[c]([Ge]([c]2ccccc2)([c]2ccccc2)[c]2ccccc2)c1.[2H]c1c([2H])c([2H])c2c(c1[2H])c1ccccc1n2-c1ccc2c(c1)c1ccccc1n2-c1ccc[c]([Sn]([c]2ccccc2)([c]2ccccc2)[c]2ccccc2)c1. The standard InChI is InChI=1S/C48H34GeN2.C30H19N2.3C6H5.Sn/c1-4-17-35(18-5-1)49(36-19-6-2-7-20-36,37-21-8-3-9-22-37)38-23-16-24-39(33-38)50-47-30-15-12-27-43(47)44-34-40(31-32-48(44)50)51-45-28-13-10-25-41(45)42-26-11-14-29-46(42)51;1-2-10-21(11-3-1)31-29-17-9-6-14-25(29)26-20-22(18-19-30(26)31)32-27-15-7-4-12-23(27)24-13-5-8-16-28(24)32;3*1-2-4-6-5-3-1;/h1-34H;1-2,4-20H;3*1-5H;/i10D,11D,12D,13D,14D,15D,25D,26D,27D,28D,29D,30D;4D,7D,12D,15D;;;;. The van der Waals surface area contributed by atoms with Crippen LogP contribution in [-0.4, -0.2) is 49.9 Å². The molecule has 0 unspecified atom stereocenters. The van der Waals surface area contributed by atoms with Gasteiger partial charge in [-0.05, 0) is 0 Å². The van der Waals surface area contributed by atoms with Gasteiger partial charge in [-0.2, -0.15) is 0 Å². The van der Waals surface area contributed by atoms with Crippen LogP contribution in [0.4, 0.5) is 0 Å². The van der Waals surface area contributed by atoms with Crippen LogP contribution < -0.4 is 31.9 Å². The van der Waals surface area contributed by atoms with Crippen molar-refractivity contribution in [2.45, 2.75) is 0 Å². The second-order valence-electron chi connectivity index (χ2n) is 25.5. The van der Waals surface area contributed by atoms with Crippen LogP contribution >= 0.6 is 0 Å². The Balaban J connectivity index is 0.000000158. The van der Waals surface area contributed by atoms with Crippen molar-refractivity contribution in [1.82, 2.24) is 18.3 Å². The van der Waals surface area contributed by atoms with E-state index in [1.165, 1.54) is 32.1 Å². The molecule has 0 aliphatic rings. The van der Waals surface area contributed by atoms with E-state index in [0.717, 1.165) is 48.5 Å². The van der Waals surface area contributed by atoms with Crippen molar-refractivity contribution in [1.29, 1.82) is 0 Å². The number of rotatable bonds is 12. The van der Waals surface area contributed by atoms with E-state index in [4.69, 9.17) is 19.2 Å². The Bertz CT molecular complexity index is 7240. The minimum atomic E-state index is -3.89. The third kappa shape index (κ3) is 9.87. The molecule has 0 radical (unpaired) electrons. The normalized spacial score (nSPS) is 14.1. The molecule has 20 rings (SSSR count). The fourth-order valence-corrected chi connectivity index (χ4v) is 39.7. The molecule has 20 aromatic rings. The Hall–Kier alpha value is -11.9. The molecule has 4 aromatic heterocycles. The van der Waals surface area contributed by atoms with Crippen molar-refractivity contribution >= 4 is 151 Å². The van der Waals surface area contributed by atoms with Crippen molar-refractivity contribution in [3.63, 3.8) is 0 Å². The molecule has 0 fully saturated rings. The first-order valence-electron chi connectivity index (χ1n) is 41.9. The Morgan fingerprint density at radius 2 is 0.480 bits per heavy atom. The molecule has 16 aromatic carbocycles. The molecule has 102 heavy (non-hydrogen) atoms. The zero-order valence-corrected chi connectivity index (χ0v) is 59.8. The van der Waals surface area contributed by atoms with Gasteiger partial charge in [-0.1, -0.05) is 24.2 Å². The first-order valence-corrected chi connectivity index (χ1v) is 43.8. The number of benzene rings is 16. The summed E-state index contributed by atoms with van der Waals surface area (Å²) in [5.74, 6) is 0. The Labute approximate surface area is 621 Å². The number of hydrogen-bond donors (Lipinski definition) is 0. The van der Waals surface area contributed by atoms with Crippen molar-refractivity contribution in [2.24, 2.45) is 0 Å². The van der Waals surface area contributed by atoms with E-state index in [2.05, 4.69) is 247 Å². The van der Waals surface area contributed by atoms with Gasteiger partial charge in [-0.25, -0.2) is 0 Å². The van der Waals surface area contributed by atoms with Gasteiger partial charge in [-0.3, -0.25) is 0 Å². The third-order valence-corrected chi connectivity index (χ3v) is 43.9. The summed E-state index contributed by atoms with van der Waals surface area (Å²) in [5, 5.41) is 4.00. The van der Waals surface area contributed by atoms with Crippen LogP contribution in [0.2, 0.25) is 0 Å². The van der Waals surface area contributed by atoms with Crippen molar-refractivity contribution in [3.8, 4) is 22.7 Å². The van der Waals surface area contributed by atoms with Crippen LogP contribution in [0.15, 0.2) is 412 Å². The van der Waals surface area contributed by atoms with E-state index >= 15 is 0 Å². The predicted octanol–water partition coefficient (Wildman–Crippen LogP) is 18.5. The molecule has 0 saturated heterocycles. The molecule has 0 N–H and O–H groups in total. The summed E-state index contributed by atoms with van der Waals surface area (Å²) in [7, 11) is 0. The zero-order valence-electron chi connectivity index (χ0n) is 70.8. The maximum absolute atomic E-state index is 9.35. The summed E-state index contributed by atoms with van der Waals surface area (Å²) in [6.07, 6.45) is 0. The Morgan fingerprint density at radius 1 is 0.196 bits per heavy atom. The topological polar surface area (TPSA) is 19.7 Å². The van der Waals surface area contributed by atoms with Gasteiger partial charge in [0.1, 0.15) is 0 Å². The summed E-state index contributed by atoms with van der Waals surface area (Å²) in [4.78, 5) is 0. The quantitative estimate of drug-likeness (QED) is 0.109. The van der Waals surface area contributed by atoms with Crippen LogP contribution in [0.3, 0.4) is 0 Å². The average molecular weight is 1490 g/mol. The minimum absolute atomic E-state index is 0.0218. The number of hydrogen-bond acceptors (Lipinski definition) is 0. The molecule has 0 aliphatic carbocycles. The third-order valence-electron chi connectivity index (χ3n) is 20.2. The second-order valence-corrected chi connectivity index (χ2v) is 44.3. The van der Waals surface area contributed by atoms with E-state index in [0.29, 0.717) is 27.5 Å². The Kier molecular flexibility index (Phi) is 11.7. The summed E-state index contributed by atoms with van der Waals surface area (Å²) in [6, 6.07) is 104. The van der Waals surface area contributed by atoms with Crippen molar-refractivity contribution < 1.29 is 21.9 Å². The number of nitrogens with zero attached hydrogens (tertiary/aromatic N) is 4. The van der Waals surface area contributed by atoms with E-state index in [9.17, 15) is 2.74 Å². The van der Waals surface area contributed by atoms with E-state index in [1.807, 2.05) is 63.7 Å². The van der Waals surface area contributed by atoms with Crippen molar-refractivity contribution in [3.05, 3.63) is 412 Å². The molecule has 480 valence electrons. The molecule has 4 heterocycles. The van der Waals surface area contributed by atoms with Crippen molar-refractivity contribution in [2.75, 3.05) is 0 Å². The van der Waals surface area contributed by atoms with Crippen LogP contribution in [0, 0.1) is 0 Å². The fraction of sp³-hybridized carbons (Fsp3) is 0. The Morgan fingerprint density at radius 3 is 0.922 bits per heavy atom. The van der Waals surface area contributed by atoms with E-state index in [-0.39, 0.29) is 74.7 Å². The van der Waals surface area contributed by atoms with Gasteiger partial charge >= 0.3 is 589 Å². The fourth-order valence-electron chi connectivity index (χ4n) is 16.0. The van der Waals surface area contributed by atoms with Gasteiger partial charge in [0.25, 0.3) is 0 Å². The zero-order chi connectivity index (χ0) is 81.5. The molecule has 0 bridgehead atoms. The molecule has 4 nitrogen and oxygen atoms in total. The van der Waals surface area contributed by atoms with Gasteiger partial charge in [-0.15, -0.1) is 0 Å². The molecular formula is C96H68GeN4Sn. The summed E-state index contributed by atoms with van der Waals surface area (Å²) in [6.45, 7) is 0. The molecule has 0 amide bonds. The number of aromatic nitrogens is 4. The average Bonchev–Trinajstić information content (AvgIpc) is 1.51. The first kappa shape index (κ1) is 46.4. The van der Waals surface area contributed by atoms with Crippen LogP contribution in [-0.2, 0) is 0 Å². The first-order chi connectivity index (χ1) is 57.3. The van der Waals surface area contributed by atoms with Gasteiger partial charge in [0.15, 0.2) is 0 Å². The monoisotopic (exact) mass is 1490 g/mol. The van der Waals surface area contributed by atoms with Crippen LogP contribution in [0.1, 0.15) is 21.9 Å². The second kappa shape index (κ2) is 25.7. The number of fused-ring (bicyclic) bond motifs is 12. The maximum atomic E-state index is 9.35. The summed E-state index contributed by atoms with van der Waals surface area (Å²) < 4.78 is 159. The van der Waals surface area contributed by atoms with Gasteiger partial charge < -0.3 is 0 Å². The molecule has 6 heteroatoms. The summed E-state index contributed by atoms with van der Waals surface area (Å²) in [5.41, 5.74) is 6.99. The molecule has 0 atom stereocenters. The van der Waals surface area contributed by atoms with Crippen LogP contribution in [0.25, 0.3) is 110 Å². The van der Waals surface area contributed by atoms with Gasteiger partial charge in [0, 0.05) is 0 Å². The summed E-state index contributed by atoms with van der Waals surface area (Å²) >= 11 is -7.72. The molecule has 0 saturated carbocycles. The van der Waals surface area contributed by atoms with E-state index in [1.54, 1.807) is 18.2 Å². The molecule has 0 spiro atoms.